The number of carbonyl (C=O) groups is 5. The van der Waals surface area contributed by atoms with Crippen molar-refractivity contribution < 1.29 is 33.1 Å². The van der Waals surface area contributed by atoms with Crippen molar-refractivity contribution in [1.29, 1.82) is 0 Å². The molecule has 3 aromatic carbocycles. The minimum absolute atomic E-state index is 0.158. The van der Waals surface area contributed by atoms with E-state index in [2.05, 4.69) is 61.0 Å². The summed E-state index contributed by atoms with van der Waals surface area (Å²) in [6.45, 7) is 12.1. The van der Waals surface area contributed by atoms with Gasteiger partial charge in [0.1, 0.15) is 35.5 Å². The smallest absolute Gasteiger partial charge is 0.262 e. The molecule has 1 aliphatic carbocycles. The summed E-state index contributed by atoms with van der Waals surface area (Å²) in [5.41, 5.74) is -0.511. The molecule has 2 aliphatic heterocycles. The van der Waals surface area contributed by atoms with E-state index in [0.29, 0.717) is 32.2 Å². The van der Waals surface area contributed by atoms with Gasteiger partial charge in [-0.25, -0.2) is 0 Å². The van der Waals surface area contributed by atoms with Crippen LogP contribution in [0.5, 0.6) is 5.75 Å². The third kappa shape index (κ3) is 10.7. The Morgan fingerprint density at radius 2 is 1.48 bits per heavy atom. The van der Waals surface area contributed by atoms with Crippen LogP contribution < -0.4 is 31.1 Å². The summed E-state index contributed by atoms with van der Waals surface area (Å²) in [7, 11) is -2.95. The molecule has 62 heavy (non-hydrogen) atoms. The molecular weight excluding hydrogens is 797 g/mol. The number of fused-ring (bicyclic) bond motifs is 1. The molecule has 0 bridgehead atoms. The molecule has 12 heteroatoms. The van der Waals surface area contributed by atoms with Crippen molar-refractivity contribution in [3.05, 3.63) is 103 Å². The lowest BCUT2D eigenvalue weighted by molar-refractivity contribution is -0.144. The highest BCUT2D eigenvalue weighted by Crippen LogP contribution is 2.37. The third-order valence-corrected chi connectivity index (χ3v) is 18.1. The Hall–Kier alpha value is -5.07. The summed E-state index contributed by atoms with van der Waals surface area (Å²) < 4.78 is 13.1. The molecule has 3 N–H and O–H groups in total. The standard InChI is InChI=1S/C50H66N4O7Si/c1-7-50(6)48(59)52-42(34-36-29-31-38(32-30-36)60-37-20-17-18-21-37)47(58)54-33-19-27-43(54)46(57)51-41(45(56)53-50)26-15-10-16-28-44(55)35(2)61-62(49(3,4)5,39-22-11-8-12-23-39)40-24-13-9-14-25-40/h8-9,11-14,16,22-25,28-32,35,37,41-43H,7,10,15,17-21,26-27,33-34H2,1-6H3,(H,51,57)(H,52,59)(H,53,56)/b28-16+/t35-,41+,42+,43-,50+/m1/s1. The zero-order chi connectivity index (χ0) is 44.5. The van der Waals surface area contributed by atoms with Crippen molar-refractivity contribution in [3.63, 3.8) is 0 Å². The first-order chi connectivity index (χ1) is 29.6. The fourth-order valence-corrected chi connectivity index (χ4v) is 13.8. The molecule has 0 unspecified atom stereocenters. The predicted molar refractivity (Wildman–Crippen MR) is 245 cm³/mol. The molecule has 1 saturated carbocycles. The molecule has 11 nitrogen and oxygen atoms in total. The molecule has 4 amide bonds. The summed E-state index contributed by atoms with van der Waals surface area (Å²) >= 11 is 0. The van der Waals surface area contributed by atoms with Gasteiger partial charge >= 0.3 is 0 Å². The Morgan fingerprint density at radius 1 is 0.855 bits per heavy atom. The Balaban J connectivity index is 1.12. The number of hydrogen-bond donors (Lipinski definition) is 3. The van der Waals surface area contributed by atoms with Gasteiger partial charge in [-0.15, -0.1) is 0 Å². The van der Waals surface area contributed by atoms with E-state index in [9.17, 15) is 24.0 Å². The SMILES string of the molecule is CC[C@]1(C)NC(=O)[C@H](CCC/C=C/C(=O)[C@@H](C)O[Si](c2ccccc2)(c2ccccc2)C(C)(C)C)NC(=O)[C@H]2CCCN2C(=O)[C@H](Cc2ccc(OC3CCCC3)cc2)NC1=O. The monoisotopic (exact) mass is 862 g/mol. The summed E-state index contributed by atoms with van der Waals surface area (Å²) in [5, 5.41) is 10.7. The molecule has 6 rings (SSSR count). The van der Waals surface area contributed by atoms with Crippen molar-refractivity contribution >= 4 is 48.1 Å². The van der Waals surface area contributed by atoms with E-state index in [1.54, 1.807) is 37.8 Å². The summed E-state index contributed by atoms with van der Waals surface area (Å²) in [5.74, 6) is -1.05. The molecule has 5 atom stereocenters. The van der Waals surface area contributed by atoms with Crippen molar-refractivity contribution in [2.45, 2.75) is 153 Å². The highest BCUT2D eigenvalue weighted by atomic mass is 28.4. The number of carbonyl (C=O) groups excluding carboxylic acids is 5. The van der Waals surface area contributed by atoms with E-state index in [1.165, 1.54) is 12.8 Å². The maximum Gasteiger partial charge on any atom is 0.262 e. The van der Waals surface area contributed by atoms with Gasteiger partial charge in [0.15, 0.2) is 5.78 Å². The van der Waals surface area contributed by atoms with E-state index in [1.807, 2.05) is 60.7 Å². The van der Waals surface area contributed by atoms with Gasteiger partial charge in [0.2, 0.25) is 23.6 Å². The van der Waals surface area contributed by atoms with Crippen LogP contribution in [-0.2, 0) is 34.8 Å². The summed E-state index contributed by atoms with van der Waals surface area (Å²) in [6.07, 6.45) is 10.0. The van der Waals surface area contributed by atoms with Crippen molar-refractivity contribution in [2.24, 2.45) is 0 Å². The second kappa shape index (κ2) is 20.4. The van der Waals surface area contributed by atoms with Gasteiger partial charge in [-0.1, -0.05) is 107 Å². The lowest BCUT2D eigenvalue weighted by atomic mass is 9.94. The van der Waals surface area contributed by atoms with Crippen LogP contribution in [0, 0.1) is 0 Å². The molecule has 2 heterocycles. The number of unbranched alkanes of at least 4 members (excludes halogenated alkanes) is 1. The molecule has 2 saturated heterocycles. The number of amides is 4. The van der Waals surface area contributed by atoms with Crippen molar-refractivity contribution in [2.75, 3.05) is 6.54 Å². The van der Waals surface area contributed by atoms with Gasteiger partial charge < -0.3 is 30.0 Å². The van der Waals surface area contributed by atoms with Crippen LogP contribution in [0.4, 0.5) is 0 Å². The maximum absolute atomic E-state index is 14.3. The number of hydrogen-bond acceptors (Lipinski definition) is 7. The van der Waals surface area contributed by atoms with E-state index in [0.717, 1.165) is 34.5 Å². The Bertz CT molecular complexity index is 2010. The highest BCUT2D eigenvalue weighted by molar-refractivity contribution is 6.99. The average Bonchev–Trinajstić information content (AvgIpc) is 3.98. The zero-order valence-corrected chi connectivity index (χ0v) is 38.4. The van der Waals surface area contributed by atoms with E-state index in [4.69, 9.17) is 9.16 Å². The number of benzene rings is 3. The van der Waals surface area contributed by atoms with Gasteiger partial charge in [-0.3, -0.25) is 24.0 Å². The lowest BCUT2D eigenvalue weighted by Crippen LogP contribution is -2.68. The van der Waals surface area contributed by atoms with Crippen LogP contribution in [0.2, 0.25) is 5.04 Å². The highest BCUT2D eigenvalue weighted by Gasteiger charge is 2.51. The second-order valence-electron chi connectivity index (χ2n) is 18.5. The van der Waals surface area contributed by atoms with Gasteiger partial charge in [-0.05, 0) is 117 Å². The number of nitrogens with one attached hydrogen (secondary N) is 3. The Labute approximate surface area is 368 Å². The number of allylic oxidation sites excluding steroid dienone is 1. The molecular formula is C50H66N4O7Si. The molecule has 3 fully saturated rings. The van der Waals surface area contributed by atoms with E-state index in [-0.39, 0.29) is 42.1 Å². The molecule has 332 valence electrons. The number of nitrogens with zero attached hydrogens (tertiary/aromatic N) is 1. The first kappa shape index (κ1) is 46.4. The lowest BCUT2D eigenvalue weighted by Gasteiger charge is -2.44. The fourth-order valence-electron chi connectivity index (χ4n) is 9.15. The Morgan fingerprint density at radius 3 is 2.08 bits per heavy atom. The van der Waals surface area contributed by atoms with Crippen LogP contribution in [0.15, 0.2) is 97.1 Å². The van der Waals surface area contributed by atoms with Gasteiger partial charge in [0, 0.05) is 13.0 Å². The number of ketones is 1. The van der Waals surface area contributed by atoms with Crippen LogP contribution >= 0.6 is 0 Å². The van der Waals surface area contributed by atoms with Gasteiger partial charge in [0.25, 0.3) is 8.32 Å². The topological polar surface area (TPSA) is 143 Å². The first-order valence-corrected chi connectivity index (χ1v) is 24.5. The minimum atomic E-state index is -2.95. The molecule has 0 spiro atoms. The number of rotatable bonds is 15. The van der Waals surface area contributed by atoms with Crippen LogP contribution in [0.25, 0.3) is 0 Å². The summed E-state index contributed by atoms with van der Waals surface area (Å²) in [4.78, 5) is 71.5. The predicted octanol–water partition coefficient (Wildman–Crippen LogP) is 6.07. The van der Waals surface area contributed by atoms with Gasteiger partial charge in [0.05, 0.1) is 6.10 Å². The van der Waals surface area contributed by atoms with Crippen molar-refractivity contribution in [1.82, 2.24) is 20.9 Å². The third-order valence-electron chi connectivity index (χ3n) is 13.0. The van der Waals surface area contributed by atoms with Crippen LogP contribution in [-0.4, -0.2) is 85.0 Å². The first-order valence-electron chi connectivity index (χ1n) is 22.6. The molecule has 0 radical (unpaired) electrons. The van der Waals surface area contributed by atoms with E-state index < -0.39 is 55.8 Å². The van der Waals surface area contributed by atoms with Gasteiger partial charge in [-0.2, -0.15) is 0 Å². The normalized spacial score (nSPS) is 23.5. The maximum atomic E-state index is 14.3. The molecule has 0 aromatic heterocycles. The van der Waals surface area contributed by atoms with Crippen LogP contribution in [0.3, 0.4) is 0 Å². The van der Waals surface area contributed by atoms with Crippen molar-refractivity contribution in [3.8, 4) is 5.75 Å². The Kier molecular flexibility index (Phi) is 15.3. The zero-order valence-electron chi connectivity index (χ0n) is 37.4. The van der Waals surface area contributed by atoms with E-state index >= 15 is 0 Å². The van der Waals surface area contributed by atoms with Crippen LogP contribution in [0.1, 0.15) is 111 Å². The largest absolute Gasteiger partial charge is 0.490 e. The quantitative estimate of drug-likeness (QED) is 0.0957. The second-order valence-corrected chi connectivity index (χ2v) is 22.7. The molecule has 3 aliphatic rings. The average molecular weight is 863 g/mol. The minimum Gasteiger partial charge on any atom is -0.490 e. The molecule has 3 aromatic rings. The fraction of sp³-hybridized carbons (Fsp3) is 0.500. The summed E-state index contributed by atoms with van der Waals surface area (Å²) in [6, 6.07) is 25.3. The number of ether oxygens (including phenoxy) is 1.